The highest BCUT2D eigenvalue weighted by Gasteiger charge is 2.24. The van der Waals surface area contributed by atoms with Gasteiger partial charge in [-0.25, -0.2) is 0 Å². The lowest BCUT2D eigenvalue weighted by Gasteiger charge is -2.09. The zero-order chi connectivity index (χ0) is 13.2. The fourth-order valence-corrected chi connectivity index (χ4v) is 1.21. The van der Waals surface area contributed by atoms with Crippen molar-refractivity contribution in [3.8, 4) is 0 Å². The van der Waals surface area contributed by atoms with Crippen molar-refractivity contribution < 1.29 is 14.6 Å². The van der Waals surface area contributed by atoms with Gasteiger partial charge in [0, 0.05) is 20.2 Å². The topological polar surface area (TPSA) is 107 Å². The van der Waals surface area contributed by atoms with E-state index >= 15 is 0 Å². The van der Waals surface area contributed by atoms with Gasteiger partial charge < -0.3 is 4.90 Å². The highest BCUT2D eigenvalue weighted by molar-refractivity contribution is 5.98. The molecule has 1 aromatic rings. The van der Waals surface area contributed by atoms with Crippen LogP contribution in [0.3, 0.4) is 0 Å². The number of hydrogen-bond donors (Lipinski definition) is 0. The minimum absolute atomic E-state index is 0.175. The van der Waals surface area contributed by atoms with Crippen LogP contribution in [0.1, 0.15) is 10.4 Å². The molecular formula is C9H9N3O5. The number of amides is 1. The Morgan fingerprint density at radius 1 is 1.18 bits per heavy atom. The first-order chi connectivity index (χ1) is 7.84. The van der Waals surface area contributed by atoms with Gasteiger partial charge in [-0.1, -0.05) is 0 Å². The summed E-state index contributed by atoms with van der Waals surface area (Å²) in [6.07, 6.45) is 0. The molecule has 0 aromatic heterocycles. The maximum atomic E-state index is 11.6. The predicted octanol–water partition coefficient (Wildman–Crippen LogP) is 1.20. The molecule has 0 N–H and O–H groups in total. The SMILES string of the molecule is CN(C)C(=O)c1ccc([N+](=O)[O-])cc1[N+](=O)[O-]. The van der Waals surface area contributed by atoms with Gasteiger partial charge in [-0.2, -0.15) is 0 Å². The summed E-state index contributed by atoms with van der Waals surface area (Å²) in [5.74, 6) is -0.577. The van der Waals surface area contributed by atoms with E-state index in [2.05, 4.69) is 0 Å². The Balaban J connectivity index is 3.37. The minimum atomic E-state index is -0.816. The van der Waals surface area contributed by atoms with Gasteiger partial charge in [0.15, 0.2) is 0 Å². The molecule has 0 saturated heterocycles. The van der Waals surface area contributed by atoms with E-state index in [4.69, 9.17) is 0 Å². The highest BCUT2D eigenvalue weighted by atomic mass is 16.6. The van der Waals surface area contributed by atoms with Crippen molar-refractivity contribution in [1.29, 1.82) is 0 Å². The number of nitro groups is 2. The average Bonchev–Trinajstić information content (AvgIpc) is 2.26. The lowest BCUT2D eigenvalue weighted by Crippen LogP contribution is -2.22. The minimum Gasteiger partial charge on any atom is -0.345 e. The molecule has 17 heavy (non-hydrogen) atoms. The molecule has 0 atom stereocenters. The van der Waals surface area contributed by atoms with Crippen molar-refractivity contribution >= 4 is 17.3 Å². The van der Waals surface area contributed by atoms with Gasteiger partial charge in [0.2, 0.25) is 0 Å². The maximum Gasteiger partial charge on any atom is 0.289 e. The van der Waals surface area contributed by atoms with Crippen LogP contribution < -0.4 is 0 Å². The quantitative estimate of drug-likeness (QED) is 0.581. The van der Waals surface area contributed by atoms with E-state index < -0.39 is 27.1 Å². The number of non-ortho nitro benzene ring substituents is 1. The zero-order valence-electron chi connectivity index (χ0n) is 9.11. The van der Waals surface area contributed by atoms with E-state index in [1.165, 1.54) is 14.1 Å². The van der Waals surface area contributed by atoms with Crippen LogP contribution in [0, 0.1) is 20.2 Å². The average molecular weight is 239 g/mol. The van der Waals surface area contributed by atoms with Crippen molar-refractivity contribution in [2.75, 3.05) is 14.1 Å². The third-order valence-electron chi connectivity index (χ3n) is 2.03. The Labute approximate surface area is 95.8 Å². The fourth-order valence-electron chi connectivity index (χ4n) is 1.21. The van der Waals surface area contributed by atoms with Crippen LogP contribution in [-0.4, -0.2) is 34.7 Å². The molecule has 0 aliphatic rings. The molecule has 0 fully saturated rings. The molecule has 0 aliphatic carbocycles. The van der Waals surface area contributed by atoms with Gasteiger partial charge in [-0.15, -0.1) is 0 Å². The van der Waals surface area contributed by atoms with Gasteiger partial charge in [0.25, 0.3) is 17.3 Å². The Kier molecular flexibility index (Phi) is 3.37. The summed E-state index contributed by atoms with van der Waals surface area (Å²) in [7, 11) is 2.88. The highest BCUT2D eigenvalue weighted by Crippen LogP contribution is 2.25. The smallest absolute Gasteiger partial charge is 0.289 e. The van der Waals surface area contributed by atoms with E-state index in [1.807, 2.05) is 0 Å². The van der Waals surface area contributed by atoms with Gasteiger partial charge >= 0.3 is 0 Å². The number of nitro benzene ring substituents is 2. The van der Waals surface area contributed by atoms with Gasteiger partial charge in [0.05, 0.1) is 15.9 Å². The standard InChI is InChI=1S/C9H9N3O5/c1-10(2)9(13)7-4-3-6(11(14)15)5-8(7)12(16)17/h3-5H,1-2H3. The third kappa shape index (κ3) is 2.54. The predicted molar refractivity (Wildman–Crippen MR) is 57.8 cm³/mol. The Morgan fingerprint density at radius 3 is 2.18 bits per heavy atom. The van der Waals surface area contributed by atoms with Crippen LogP contribution in [0.5, 0.6) is 0 Å². The molecular weight excluding hydrogens is 230 g/mol. The Hall–Kier alpha value is -2.51. The van der Waals surface area contributed by atoms with Crippen LogP contribution in [0.4, 0.5) is 11.4 Å². The molecule has 0 saturated carbocycles. The number of hydrogen-bond acceptors (Lipinski definition) is 5. The summed E-state index contributed by atoms with van der Waals surface area (Å²) in [5.41, 5.74) is -1.17. The Bertz CT molecular complexity index is 497. The second kappa shape index (κ2) is 4.56. The van der Waals surface area contributed by atoms with Crippen molar-refractivity contribution in [2.24, 2.45) is 0 Å². The van der Waals surface area contributed by atoms with E-state index in [0.29, 0.717) is 0 Å². The molecule has 1 rings (SSSR count). The van der Waals surface area contributed by atoms with Crippen molar-refractivity contribution in [2.45, 2.75) is 0 Å². The van der Waals surface area contributed by atoms with Gasteiger partial charge in [0.1, 0.15) is 5.56 Å². The van der Waals surface area contributed by atoms with E-state index in [0.717, 1.165) is 23.1 Å². The second-order valence-electron chi connectivity index (χ2n) is 3.42. The van der Waals surface area contributed by atoms with Crippen LogP contribution in [0.25, 0.3) is 0 Å². The number of carbonyl (C=O) groups excluding carboxylic acids is 1. The van der Waals surface area contributed by atoms with Crippen LogP contribution in [-0.2, 0) is 0 Å². The maximum absolute atomic E-state index is 11.6. The zero-order valence-corrected chi connectivity index (χ0v) is 9.11. The first-order valence-electron chi connectivity index (χ1n) is 4.49. The van der Waals surface area contributed by atoms with Gasteiger partial charge in [-0.05, 0) is 6.07 Å². The molecule has 0 radical (unpaired) electrons. The monoisotopic (exact) mass is 239 g/mol. The summed E-state index contributed by atoms with van der Waals surface area (Å²) in [4.78, 5) is 32.4. The fraction of sp³-hybridized carbons (Fsp3) is 0.222. The number of benzene rings is 1. The molecule has 0 aliphatic heterocycles. The van der Waals surface area contributed by atoms with E-state index in [-0.39, 0.29) is 5.56 Å². The normalized spacial score (nSPS) is 9.76. The largest absolute Gasteiger partial charge is 0.345 e. The Morgan fingerprint density at radius 2 is 1.76 bits per heavy atom. The first kappa shape index (κ1) is 12.6. The first-order valence-corrected chi connectivity index (χ1v) is 4.49. The summed E-state index contributed by atoms with van der Waals surface area (Å²) < 4.78 is 0. The number of carbonyl (C=O) groups is 1. The van der Waals surface area contributed by atoms with Crippen LogP contribution in [0.15, 0.2) is 18.2 Å². The summed E-state index contributed by atoms with van der Waals surface area (Å²) >= 11 is 0. The third-order valence-corrected chi connectivity index (χ3v) is 2.03. The van der Waals surface area contributed by atoms with Crippen molar-refractivity contribution in [1.82, 2.24) is 4.90 Å². The van der Waals surface area contributed by atoms with Crippen LogP contribution in [0.2, 0.25) is 0 Å². The molecule has 8 heteroatoms. The molecule has 0 heterocycles. The molecule has 90 valence electrons. The molecule has 8 nitrogen and oxygen atoms in total. The molecule has 1 aromatic carbocycles. The lowest BCUT2D eigenvalue weighted by molar-refractivity contribution is -0.394. The molecule has 0 bridgehead atoms. The van der Waals surface area contributed by atoms with Crippen LogP contribution >= 0.6 is 0 Å². The summed E-state index contributed by atoms with van der Waals surface area (Å²) in [6.45, 7) is 0. The van der Waals surface area contributed by atoms with Crippen molar-refractivity contribution in [3.63, 3.8) is 0 Å². The molecule has 1 amide bonds. The summed E-state index contributed by atoms with van der Waals surface area (Å²) in [6, 6.07) is 2.92. The van der Waals surface area contributed by atoms with Gasteiger partial charge in [-0.3, -0.25) is 25.0 Å². The summed E-state index contributed by atoms with van der Waals surface area (Å²) in [5, 5.41) is 21.2. The van der Waals surface area contributed by atoms with Crippen molar-refractivity contribution in [3.05, 3.63) is 44.0 Å². The number of rotatable bonds is 3. The molecule has 0 spiro atoms. The second-order valence-corrected chi connectivity index (χ2v) is 3.42. The van der Waals surface area contributed by atoms with E-state index in [9.17, 15) is 25.0 Å². The lowest BCUT2D eigenvalue weighted by atomic mass is 10.1. The number of nitrogens with zero attached hydrogens (tertiary/aromatic N) is 3. The van der Waals surface area contributed by atoms with E-state index in [1.54, 1.807) is 0 Å². The molecule has 0 unspecified atom stereocenters.